The molecule has 4 heteroatoms. The molecule has 0 fully saturated rings. The minimum absolute atomic E-state index is 0.0201. The molecule has 1 aromatic carbocycles. The third-order valence-electron chi connectivity index (χ3n) is 3.07. The zero-order chi connectivity index (χ0) is 13.1. The van der Waals surface area contributed by atoms with E-state index in [1.165, 1.54) is 0 Å². The molecule has 0 saturated heterocycles. The van der Waals surface area contributed by atoms with Gasteiger partial charge in [-0.2, -0.15) is 0 Å². The molecule has 0 bridgehead atoms. The summed E-state index contributed by atoms with van der Waals surface area (Å²) in [7, 11) is 0. The highest BCUT2D eigenvalue weighted by molar-refractivity contribution is 5.77. The van der Waals surface area contributed by atoms with Crippen LogP contribution in [0.4, 0.5) is 0 Å². The highest BCUT2D eigenvalue weighted by atomic mass is 16.3. The summed E-state index contributed by atoms with van der Waals surface area (Å²) in [6.07, 6.45) is 1.60. The third-order valence-corrected chi connectivity index (χ3v) is 3.07. The second-order valence-electron chi connectivity index (χ2n) is 4.38. The fraction of sp³-hybridized carbons (Fsp3) is 0.200. The lowest BCUT2D eigenvalue weighted by Crippen LogP contribution is -2.23. The molecule has 4 nitrogen and oxygen atoms in total. The molecule has 0 radical (unpaired) electrons. The summed E-state index contributed by atoms with van der Waals surface area (Å²) < 4.78 is 11.0. The minimum Gasteiger partial charge on any atom is -0.468 e. The van der Waals surface area contributed by atoms with Crippen LogP contribution in [-0.4, -0.2) is 11.7 Å². The molecule has 98 valence electrons. The summed E-state index contributed by atoms with van der Waals surface area (Å²) in [6, 6.07) is 13.3. The van der Waals surface area contributed by atoms with Crippen molar-refractivity contribution in [3.8, 4) is 0 Å². The smallest absolute Gasteiger partial charge is 0.134 e. The van der Waals surface area contributed by atoms with E-state index in [-0.39, 0.29) is 12.6 Å². The maximum atomic E-state index is 9.36. The van der Waals surface area contributed by atoms with Crippen LogP contribution < -0.4 is 5.32 Å². The second-order valence-corrected chi connectivity index (χ2v) is 4.38. The lowest BCUT2D eigenvalue weighted by atomic mass is 10.2. The van der Waals surface area contributed by atoms with E-state index in [1.807, 2.05) is 36.4 Å². The monoisotopic (exact) mass is 257 g/mol. The number of aliphatic hydroxyl groups is 1. The average molecular weight is 257 g/mol. The van der Waals surface area contributed by atoms with Crippen LogP contribution in [0.25, 0.3) is 11.0 Å². The Morgan fingerprint density at radius 3 is 2.79 bits per heavy atom. The Kier molecular flexibility index (Phi) is 3.35. The summed E-state index contributed by atoms with van der Waals surface area (Å²) in [5, 5.41) is 13.7. The molecule has 0 aliphatic heterocycles. The Balaban J connectivity index is 1.71. The van der Waals surface area contributed by atoms with Gasteiger partial charge in [-0.1, -0.05) is 18.2 Å². The van der Waals surface area contributed by atoms with E-state index in [0.29, 0.717) is 6.54 Å². The number of fused-ring (bicyclic) bond motifs is 1. The van der Waals surface area contributed by atoms with Crippen LogP contribution in [0.1, 0.15) is 17.6 Å². The summed E-state index contributed by atoms with van der Waals surface area (Å²) in [5.74, 6) is 1.56. The van der Waals surface area contributed by atoms with Gasteiger partial charge in [-0.05, 0) is 24.3 Å². The van der Waals surface area contributed by atoms with Gasteiger partial charge in [0.15, 0.2) is 0 Å². The maximum absolute atomic E-state index is 9.36. The van der Waals surface area contributed by atoms with Gasteiger partial charge in [-0.3, -0.25) is 5.32 Å². The normalized spacial score (nSPS) is 12.9. The number of hydrogen-bond acceptors (Lipinski definition) is 4. The lowest BCUT2D eigenvalue weighted by Gasteiger charge is -2.12. The fourth-order valence-electron chi connectivity index (χ4n) is 2.09. The molecular weight excluding hydrogens is 242 g/mol. The van der Waals surface area contributed by atoms with Crippen molar-refractivity contribution >= 4 is 11.0 Å². The predicted molar refractivity (Wildman–Crippen MR) is 71.6 cm³/mol. The second kappa shape index (κ2) is 5.30. The van der Waals surface area contributed by atoms with E-state index in [4.69, 9.17) is 8.83 Å². The summed E-state index contributed by atoms with van der Waals surface area (Å²) in [6.45, 7) is 0.522. The zero-order valence-electron chi connectivity index (χ0n) is 10.4. The lowest BCUT2D eigenvalue weighted by molar-refractivity contribution is 0.223. The van der Waals surface area contributed by atoms with E-state index in [0.717, 1.165) is 22.5 Å². The zero-order valence-corrected chi connectivity index (χ0v) is 10.4. The van der Waals surface area contributed by atoms with Crippen molar-refractivity contribution in [3.05, 3.63) is 60.2 Å². The number of aliphatic hydroxyl groups excluding tert-OH is 1. The Hall–Kier alpha value is -2.04. The molecule has 0 aliphatic carbocycles. The minimum atomic E-state index is -0.219. The predicted octanol–water partition coefficient (Wildman–Crippen LogP) is 2.85. The van der Waals surface area contributed by atoms with Crippen LogP contribution in [0.3, 0.4) is 0 Å². The van der Waals surface area contributed by atoms with Gasteiger partial charge in [0.1, 0.15) is 17.1 Å². The Bertz CT molecular complexity index is 609. The standard InChI is InChI=1S/C15H15NO3/c17-10-13(15-6-3-7-18-15)16-9-12-8-11-4-1-2-5-14(11)19-12/h1-8,13,16-17H,9-10H2. The van der Waals surface area contributed by atoms with Crippen molar-refractivity contribution < 1.29 is 13.9 Å². The molecule has 0 saturated carbocycles. The molecule has 1 atom stereocenters. The number of nitrogens with one attached hydrogen (secondary N) is 1. The first-order valence-corrected chi connectivity index (χ1v) is 6.22. The molecule has 0 amide bonds. The van der Waals surface area contributed by atoms with Crippen LogP contribution in [0.2, 0.25) is 0 Å². The number of para-hydroxylation sites is 1. The quantitative estimate of drug-likeness (QED) is 0.738. The first kappa shape index (κ1) is 12.0. The van der Waals surface area contributed by atoms with E-state index in [9.17, 15) is 5.11 Å². The third kappa shape index (κ3) is 2.54. The molecular formula is C15H15NO3. The molecule has 3 aromatic rings. The molecule has 2 heterocycles. The van der Waals surface area contributed by atoms with Crippen molar-refractivity contribution in [3.63, 3.8) is 0 Å². The number of hydrogen-bond donors (Lipinski definition) is 2. The van der Waals surface area contributed by atoms with Gasteiger partial charge in [0.05, 0.1) is 25.5 Å². The molecule has 1 unspecified atom stereocenters. The number of furan rings is 2. The van der Waals surface area contributed by atoms with Crippen LogP contribution in [0.5, 0.6) is 0 Å². The highest BCUT2D eigenvalue weighted by Crippen LogP contribution is 2.20. The van der Waals surface area contributed by atoms with Gasteiger partial charge in [-0.25, -0.2) is 0 Å². The van der Waals surface area contributed by atoms with Gasteiger partial charge < -0.3 is 13.9 Å². The average Bonchev–Trinajstić information content (AvgIpc) is 3.08. The van der Waals surface area contributed by atoms with Gasteiger partial charge >= 0.3 is 0 Å². The van der Waals surface area contributed by atoms with Crippen LogP contribution >= 0.6 is 0 Å². The maximum Gasteiger partial charge on any atom is 0.134 e. The number of benzene rings is 1. The summed E-state index contributed by atoms with van der Waals surface area (Å²) in [5.41, 5.74) is 0.873. The summed E-state index contributed by atoms with van der Waals surface area (Å²) in [4.78, 5) is 0. The fourth-order valence-corrected chi connectivity index (χ4v) is 2.09. The largest absolute Gasteiger partial charge is 0.468 e. The highest BCUT2D eigenvalue weighted by Gasteiger charge is 2.13. The Morgan fingerprint density at radius 2 is 2.05 bits per heavy atom. The number of rotatable bonds is 5. The van der Waals surface area contributed by atoms with Crippen molar-refractivity contribution in [1.82, 2.24) is 5.32 Å². The molecule has 3 rings (SSSR count). The first-order chi connectivity index (χ1) is 9.36. The SMILES string of the molecule is OCC(NCc1cc2ccccc2o1)c1ccco1. The van der Waals surface area contributed by atoms with Crippen molar-refractivity contribution in [2.24, 2.45) is 0 Å². The summed E-state index contributed by atoms with van der Waals surface area (Å²) >= 11 is 0. The van der Waals surface area contributed by atoms with Crippen LogP contribution in [-0.2, 0) is 6.54 Å². The van der Waals surface area contributed by atoms with E-state index < -0.39 is 0 Å². The van der Waals surface area contributed by atoms with Crippen molar-refractivity contribution in [2.45, 2.75) is 12.6 Å². The van der Waals surface area contributed by atoms with Crippen molar-refractivity contribution in [1.29, 1.82) is 0 Å². The Morgan fingerprint density at radius 1 is 1.16 bits per heavy atom. The van der Waals surface area contributed by atoms with Gasteiger partial charge in [-0.15, -0.1) is 0 Å². The van der Waals surface area contributed by atoms with E-state index in [1.54, 1.807) is 12.3 Å². The molecule has 19 heavy (non-hydrogen) atoms. The van der Waals surface area contributed by atoms with E-state index >= 15 is 0 Å². The van der Waals surface area contributed by atoms with Gasteiger partial charge in [0, 0.05) is 5.39 Å². The van der Waals surface area contributed by atoms with Crippen LogP contribution in [0.15, 0.2) is 57.6 Å². The first-order valence-electron chi connectivity index (χ1n) is 6.22. The molecule has 0 spiro atoms. The molecule has 2 N–H and O–H groups in total. The molecule has 2 aromatic heterocycles. The van der Waals surface area contributed by atoms with Crippen molar-refractivity contribution in [2.75, 3.05) is 6.61 Å². The van der Waals surface area contributed by atoms with E-state index in [2.05, 4.69) is 5.32 Å². The van der Waals surface area contributed by atoms with Gasteiger partial charge in [0.2, 0.25) is 0 Å². The van der Waals surface area contributed by atoms with Crippen LogP contribution in [0, 0.1) is 0 Å². The van der Waals surface area contributed by atoms with Gasteiger partial charge in [0.25, 0.3) is 0 Å². The Labute approximate surface area is 110 Å². The topological polar surface area (TPSA) is 58.5 Å². The molecule has 0 aliphatic rings.